The third-order valence-corrected chi connectivity index (χ3v) is 3.68. The Kier molecular flexibility index (Phi) is 6.37. The number of rotatable bonds is 6. The maximum absolute atomic E-state index is 12.3. The number of likely N-dealkylation sites (N-methyl/N-ethyl adjacent to an activating group) is 1. The molecule has 0 unspecified atom stereocenters. The SMILES string of the molecule is C[C@@H](OC(=O)/C=C/c1ccc(Br)o1)C(=O)N(C)Cc1ccccc1. The van der Waals surface area contributed by atoms with Gasteiger partial charge in [0.1, 0.15) is 5.76 Å². The Bertz CT molecular complexity index is 724. The van der Waals surface area contributed by atoms with E-state index in [1.54, 1.807) is 26.1 Å². The third kappa shape index (κ3) is 5.38. The van der Waals surface area contributed by atoms with E-state index in [1.165, 1.54) is 17.1 Å². The van der Waals surface area contributed by atoms with Crippen LogP contribution < -0.4 is 0 Å². The van der Waals surface area contributed by atoms with Gasteiger partial charge in [0.2, 0.25) is 0 Å². The molecule has 0 N–H and O–H groups in total. The highest BCUT2D eigenvalue weighted by Crippen LogP contribution is 2.15. The van der Waals surface area contributed by atoms with Crippen molar-refractivity contribution in [2.45, 2.75) is 19.6 Å². The fourth-order valence-electron chi connectivity index (χ4n) is 2.08. The molecule has 0 aliphatic carbocycles. The van der Waals surface area contributed by atoms with Gasteiger partial charge in [-0.2, -0.15) is 0 Å². The van der Waals surface area contributed by atoms with Gasteiger partial charge in [-0.1, -0.05) is 30.3 Å². The van der Waals surface area contributed by atoms with E-state index in [1.807, 2.05) is 30.3 Å². The zero-order valence-electron chi connectivity index (χ0n) is 13.4. The molecule has 5 nitrogen and oxygen atoms in total. The second-order valence-corrected chi connectivity index (χ2v) is 6.02. The molecule has 1 atom stereocenters. The highest BCUT2D eigenvalue weighted by Gasteiger charge is 2.20. The van der Waals surface area contributed by atoms with E-state index in [9.17, 15) is 9.59 Å². The molecule has 126 valence electrons. The topological polar surface area (TPSA) is 59.8 Å². The van der Waals surface area contributed by atoms with E-state index in [0.717, 1.165) is 5.56 Å². The molecule has 0 aliphatic heterocycles. The Morgan fingerprint density at radius 2 is 1.96 bits per heavy atom. The van der Waals surface area contributed by atoms with Crippen molar-refractivity contribution in [3.8, 4) is 0 Å². The fraction of sp³-hybridized carbons (Fsp3) is 0.222. The predicted octanol–water partition coefficient (Wildman–Crippen LogP) is 3.65. The van der Waals surface area contributed by atoms with Crippen LogP contribution >= 0.6 is 15.9 Å². The van der Waals surface area contributed by atoms with Crippen molar-refractivity contribution in [1.82, 2.24) is 4.90 Å². The van der Waals surface area contributed by atoms with Crippen LogP contribution in [0.25, 0.3) is 6.08 Å². The number of halogens is 1. The fourth-order valence-corrected chi connectivity index (χ4v) is 2.40. The van der Waals surface area contributed by atoms with Gasteiger partial charge in [0.25, 0.3) is 5.91 Å². The predicted molar refractivity (Wildman–Crippen MR) is 93.9 cm³/mol. The molecule has 0 spiro atoms. The standard InChI is InChI=1S/C18H18BrNO4/c1-13(18(22)20(2)12-14-6-4-3-5-7-14)23-17(21)11-9-15-8-10-16(19)24-15/h3-11,13H,12H2,1-2H3/b11-9+/t13-/m1/s1. The number of furan rings is 1. The van der Waals surface area contributed by atoms with Gasteiger partial charge in [-0.25, -0.2) is 4.79 Å². The van der Waals surface area contributed by atoms with Gasteiger partial charge in [0.15, 0.2) is 10.8 Å². The van der Waals surface area contributed by atoms with E-state index in [0.29, 0.717) is 17.0 Å². The van der Waals surface area contributed by atoms with Gasteiger partial charge in [-0.15, -0.1) is 0 Å². The summed E-state index contributed by atoms with van der Waals surface area (Å²) in [7, 11) is 1.68. The second kappa shape index (κ2) is 8.49. The van der Waals surface area contributed by atoms with Crippen LogP contribution in [0, 0.1) is 0 Å². The summed E-state index contributed by atoms with van der Waals surface area (Å²) < 4.78 is 10.9. The van der Waals surface area contributed by atoms with Crippen LogP contribution in [0.15, 0.2) is 57.6 Å². The molecule has 2 aromatic rings. The van der Waals surface area contributed by atoms with E-state index in [4.69, 9.17) is 9.15 Å². The Morgan fingerprint density at radius 3 is 2.58 bits per heavy atom. The zero-order chi connectivity index (χ0) is 17.5. The molecule has 0 bridgehead atoms. The zero-order valence-corrected chi connectivity index (χ0v) is 15.0. The summed E-state index contributed by atoms with van der Waals surface area (Å²) in [6, 6.07) is 13.0. The maximum atomic E-state index is 12.3. The molecule has 0 fully saturated rings. The molecule has 0 radical (unpaired) electrons. The first kappa shape index (κ1) is 18.0. The van der Waals surface area contributed by atoms with Crippen molar-refractivity contribution < 1.29 is 18.7 Å². The largest absolute Gasteiger partial charge is 0.450 e. The van der Waals surface area contributed by atoms with Crippen molar-refractivity contribution >= 4 is 33.9 Å². The van der Waals surface area contributed by atoms with Gasteiger partial charge < -0.3 is 14.1 Å². The van der Waals surface area contributed by atoms with E-state index >= 15 is 0 Å². The van der Waals surface area contributed by atoms with Crippen molar-refractivity contribution in [2.24, 2.45) is 0 Å². The molecule has 1 heterocycles. The summed E-state index contributed by atoms with van der Waals surface area (Å²) in [6.07, 6.45) is 1.85. The number of benzene rings is 1. The molecular weight excluding hydrogens is 374 g/mol. The van der Waals surface area contributed by atoms with E-state index in [-0.39, 0.29) is 5.91 Å². The molecule has 1 aromatic heterocycles. The Morgan fingerprint density at radius 1 is 1.25 bits per heavy atom. The molecule has 24 heavy (non-hydrogen) atoms. The second-order valence-electron chi connectivity index (χ2n) is 5.23. The van der Waals surface area contributed by atoms with Crippen LogP contribution in [0.3, 0.4) is 0 Å². The number of esters is 1. The normalized spacial score (nSPS) is 12.1. The minimum Gasteiger partial charge on any atom is -0.450 e. The summed E-state index contributed by atoms with van der Waals surface area (Å²) in [6.45, 7) is 2.01. The summed E-state index contributed by atoms with van der Waals surface area (Å²) in [5, 5.41) is 0. The highest BCUT2D eigenvalue weighted by molar-refractivity contribution is 9.10. The van der Waals surface area contributed by atoms with E-state index < -0.39 is 12.1 Å². The lowest BCUT2D eigenvalue weighted by Gasteiger charge is -2.21. The van der Waals surface area contributed by atoms with Gasteiger partial charge >= 0.3 is 5.97 Å². The van der Waals surface area contributed by atoms with Crippen LogP contribution in [0.1, 0.15) is 18.2 Å². The lowest BCUT2D eigenvalue weighted by Crippen LogP contribution is -2.36. The molecule has 0 aliphatic rings. The lowest BCUT2D eigenvalue weighted by molar-refractivity contribution is -0.154. The third-order valence-electron chi connectivity index (χ3n) is 3.26. The number of hydrogen-bond donors (Lipinski definition) is 0. The van der Waals surface area contributed by atoms with Gasteiger partial charge in [-0.3, -0.25) is 4.79 Å². The average molecular weight is 392 g/mol. The summed E-state index contributed by atoms with van der Waals surface area (Å²) in [4.78, 5) is 25.6. The number of ether oxygens (including phenoxy) is 1. The summed E-state index contributed by atoms with van der Waals surface area (Å²) >= 11 is 3.17. The first-order valence-electron chi connectivity index (χ1n) is 7.38. The van der Waals surface area contributed by atoms with Gasteiger partial charge in [-0.05, 0) is 46.6 Å². The van der Waals surface area contributed by atoms with Crippen molar-refractivity contribution in [3.05, 3.63) is 64.5 Å². The van der Waals surface area contributed by atoms with Crippen molar-refractivity contribution in [3.63, 3.8) is 0 Å². The molecule has 1 aromatic carbocycles. The maximum Gasteiger partial charge on any atom is 0.331 e. The minimum absolute atomic E-state index is 0.263. The van der Waals surface area contributed by atoms with Crippen molar-refractivity contribution in [1.29, 1.82) is 0 Å². The van der Waals surface area contributed by atoms with E-state index in [2.05, 4.69) is 15.9 Å². The van der Waals surface area contributed by atoms with Crippen LogP contribution in [0.2, 0.25) is 0 Å². The van der Waals surface area contributed by atoms with Crippen LogP contribution in [0.5, 0.6) is 0 Å². The number of nitrogens with zero attached hydrogens (tertiary/aromatic N) is 1. The summed E-state index contributed by atoms with van der Waals surface area (Å²) in [5.74, 6) is -0.350. The number of hydrogen-bond acceptors (Lipinski definition) is 4. The Balaban J connectivity index is 1.86. The first-order valence-corrected chi connectivity index (χ1v) is 8.18. The summed E-state index contributed by atoms with van der Waals surface area (Å²) in [5.41, 5.74) is 1.01. The first-order chi connectivity index (χ1) is 11.5. The monoisotopic (exact) mass is 391 g/mol. The molecule has 2 rings (SSSR count). The molecule has 0 saturated carbocycles. The Hall–Kier alpha value is -2.34. The van der Waals surface area contributed by atoms with Crippen LogP contribution in [0.4, 0.5) is 0 Å². The van der Waals surface area contributed by atoms with Gasteiger partial charge in [0.05, 0.1) is 0 Å². The smallest absolute Gasteiger partial charge is 0.331 e. The number of carbonyl (C=O) groups excluding carboxylic acids is 2. The number of carbonyl (C=O) groups is 2. The lowest BCUT2D eigenvalue weighted by atomic mass is 10.2. The van der Waals surface area contributed by atoms with Gasteiger partial charge in [0, 0.05) is 19.7 Å². The minimum atomic E-state index is -0.862. The molecule has 1 amide bonds. The van der Waals surface area contributed by atoms with Crippen molar-refractivity contribution in [2.75, 3.05) is 7.05 Å². The average Bonchev–Trinajstić information content (AvgIpc) is 2.98. The highest BCUT2D eigenvalue weighted by atomic mass is 79.9. The van der Waals surface area contributed by atoms with Crippen LogP contribution in [-0.2, 0) is 20.9 Å². The van der Waals surface area contributed by atoms with Crippen LogP contribution in [-0.4, -0.2) is 29.9 Å². The Labute approximate surface area is 149 Å². The molecule has 0 saturated heterocycles. The number of amides is 1. The molecule has 6 heteroatoms. The quantitative estimate of drug-likeness (QED) is 0.556. The molecular formula is C18H18BrNO4.